The Morgan fingerprint density at radius 3 is 2.95 bits per heavy atom. The van der Waals surface area contributed by atoms with Gasteiger partial charge in [-0.2, -0.15) is 0 Å². The number of likely N-dealkylation sites (N-methyl/N-ethyl adjacent to an activating group) is 1. The summed E-state index contributed by atoms with van der Waals surface area (Å²) in [5, 5.41) is 7.01. The normalized spacial score (nSPS) is 19.9. The number of nitrogens with zero attached hydrogens (tertiary/aromatic N) is 1. The molecule has 1 fully saturated rings. The van der Waals surface area contributed by atoms with E-state index in [1.165, 1.54) is 0 Å². The van der Waals surface area contributed by atoms with Crippen LogP contribution in [0.2, 0.25) is 0 Å². The second kappa shape index (κ2) is 7.43. The summed E-state index contributed by atoms with van der Waals surface area (Å²) in [7, 11) is 0. The molecule has 104 valence electrons. The van der Waals surface area contributed by atoms with Crippen molar-refractivity contribution >= 4 is 23.0 Å². The lowest BCUT2D eigenvalue weighted by molar-refractivity contribution is -0.0232. The summed E-state index contributed by atoms with van der Waals surface area (Å²) in [5.41, 5.74) is 1.000. The number of benzene rings is 1. The smallest absolute Gasteiger partial charge is 0.170 e. The van der Waals surface area contributed by atoms with Crippen LogP contribution >= 0.6 is 12.2 Å². The maximum absolute atomic E-state index is 5.72. The predicted octanol–water partition coefficient (Wildman–Crippen LogP) is 1.69. The first-order chi connectivity index (χ1) is 9.28. The fourth-order valence-corrected chi connectivity index (χ4v) is 2.30. The molecular formula is C14H21N3OS. The van der Waals surface area contributed by atoms with Gasteiger partial charge in [-0.15, -0.1) is 0 Å². The summed E-state index contributed by atoms with van der Waals surface area (Å²) in [4.78, 5) is 2.39. The summed E-state index contributed by atoms with van der Waals surface area (Å²) >= 11 is 5.27. The van der Waals surface area contributed by atoms with E-state index in [1.54, 1.807) is 0 Å². The molecule has 1 aliphatic heterocycles. The molecule has 2 rings (SSSR count). The Morgan fingerprint density at radius 2 is 2.21 bits per heavy atom. The summed E-state index contributed by atoms with van der Waals surface area (Å²) in [6.07, 6.45) is 0.212. The highest BCUT2D eigenvalue weighted by atomic mass is 32.1. The number of hydrogen-bond donors (Lipinski definition) is 2. The molecule has 0 spiro atoms. The summed E-state index contributed by atoms with van der Waals surface area (Å²) in [6, 6.07) is 9.92. The number of rotatable bonds is 4. The molecule has 0 aliphatic carbocycles. The monoisotopic (exact) mass is 279 g/mol. The minimum Gasteiger partial charge on any atom is -0.374 e. The minimum atomic E-state index is 0.212. The highest BCUT2D eigenvalue weighted by Gasteiger charge is 2.18. The maximum atomic E-state index is 5.72. The Kier molecular flexibility index (Phi) is 5.57. The Labute approximate surface area is 120 Å². The van der Waals surface area contributed by atoms with E-state index < -0.39 is 0 Å². The van der Waals surface area contributed by atoms with Gasteiger partial charge in [-0.25, -0.2) is 0 Å². The molecule has 1 unspecified atom stereocenters. The van der Waals surface area contributed by atoms with Gasteiger partial charge in [-0.05, 0) is 30.9 Å². The molecule has 0 aromatic heterocycles. The van der Waals surface area contributed by atoms with E-state index >= 15 is 0 Å². The highest BCUT2D eigenvalue weighted by molar-refractivity contribution is 7.80. The number of para-hydroxylation sites is 1. The molecule has 0 radical (unpaired) electrons. The number of thiocarbonyl (C=S) groups is 1. The number of nitrogens with one attached hydrogen (secondary N) is 2. The Balaban J connectivity index is 1.71. The topological polar surface area (TPSA) is 36.5 Å². The zero-order valence-electron chi connectivity index (χ0n) is 11.3. The molecule has 0 bridgehead atoms. The van der Waals surface area contributed by atoms with Gasteiger partial charge in [0.25, 0.3) is 0 Å². The molecule has 19 heavy (non-hydrogen) atoms. The quantitative estimate of drug-likeness (QED) is 0.820. The molecule has 0 amide bonds. The standard InChI is InChI=1S/C14H21N3OS/c1-2-17-8-9-18-13(11-17)10-15-14(19)16-12-6-4-3-5-7-12/h3-7,13H,2,8-11H2,1H3,(H2,15,16,19). The van der Waals surface area contributed by atoms with Crippen LogP contribution in [0.15, 0.2) is 30.3 Å². The number of morpholine rings is 1. The Bertz CT molecular complexity index is 399. The van der Waals surface area contributed by atoms with E-state index in [4.69, 9.17) is 17.0 Å². The molecule has 1 aromatic rings. The van der Waals surface area contributed by atoms with Crippen LogP contribution in [-0.2, 0) is 4.74 Å². The van der Waals surface area contributed by atoms with Crippen LogP contribution in [0.1, 0.15) is 6.92 Å². The SMILES string of the molecule is CCN1CCOC(CNC(=S)Nc2ccccc2)C1. The van der Waals surface area contributed by atoms with Gasteiger partial charge in [0, 0.05) is 25.3 Å². The van der Waals surface area contributed by atoms with Gasteiger partial charge in [0.1, 0.15) is 0 Å². The van der Waals surface area contributed by atoms with E-state index in [-0.39, 0.29) is 6.10 Å². The van der Waals surface area contributed by atoms with Crippen molar-refractivity contribution in [3.8, 4) is 0 Å². The third-order valence-corrected chi connectivity index (χ3v) is 3.44. The van der Waals surface area contributed by atoms with E-state index in [1.807, 2.05) is 30.3 Å². The summed E-state index contributed by atoms with van der Waals surface area (Å²) in [6.45, 7) is 6.80. The summed E-state index contributed by atoms with van der Waals surface area (Å²) < 4.78 is 5.72. The second-order valence-electron chi connectivity index (χ2n) is 4.59. The average molecular weight is 279 g/mol. The molecule has 2 N–H and O–H groups in total. The van der Waals surface area contributed by atoms with Gasteiger partial charge in [-0.3, -0.25) is 4.90 Å². The van der Waals surface area contributed by atoms with Crippen LogP contribution < -0.4 is 10.6 Å². The lowest BCUT2D eigenvalue weighted by Crippen LogP contribution is -2.47. The van der Waals surface area contributed by atoms with Crippen molar-refractivity contribution in [2.45, 2.75) is 13.0 Å². The Hall–Kier alpha value is -1.17. The lowest BCUT2D eigenvalue weighted by Gasteiger charge is -2.32. The molecule has 1 atom stereocenters. The van der Waals surface area contributed by atoms with Crippen molar-refractivity contribution in [2.75, 3.05) is 38.1 Å². The van der Waals surface area contributed by atoms with Gasteiger partial charge in [0.05, 0.1) is 12.7 Å². The molecule has 5 heteroatoms. The van der Waals surface area contributed by atoms with Crippen LogP contribution in [0.25, 0.3) is 0 Å². The fourth-order valence-electron chi connectivity index (χ4n) is 2.09. The first kappa shape index (κ1) is 14.2. The molecule has 1 aromatic carbocycles. The number of hydrogen-bond acceptors (Lipinski definition) is 3. The van der Waals surface area contributed by atoms with Gasteiger partial charge in [0.2, 0.25) is 0 Å². The minimum absolute atomic E-state index is 0.212. The predicted molar refractivity (Wildman–Crippen MR) is 82.5 cm³/mol. The molecule has 1 saturated heterocycles. The van der Waals surface area contributed by atoms with E-state index in [0.29, 0.717) is 5.11 Å². The average Bonchev–Trinajstić information content (AvgIpc) is 2.46. The van der Waals surface area contributed by atoms with Crippen molar-refractivity contribution in [1.29, 1.82) is 0 Å². The first-order valence-corrected chi connectivity index (χ1v) is 7.12. The molecular weight excluding hydrogens is 258 g/mol. The zero-order valence-corrected chi connectivity index (χ0v) is 12.1. The maximum Gasteiger partial charge on any atom is 0.170 e. The van der Waals surface area contributed by atoms with E-state index in [2.05, 4.69) is 22.5 Å². The van der Waals surface area contributed by atoms with Gasteiger partial charge < -0.3 is 15.4 Å². The van der Waals surface area contributed by atoms with Gasteiger partial charge in [-0.1, -0.05) is 25.1 Å². The molecule has 1 heterocycles. The van der Waals surface area contributed by atoms with Crippen LogP contribution in [0.5, 0.6) is 0 Å². The van der Waals surface area contributed by atoms with Crippen LogP contribution in [0, 0.1) is 0 Å². The third-order valence-electron chi connectivity index (χ3n) is 3.19. The van der Waals surface area contributed by atoms with Crippen LogP contribution in [0.3, 0.4) is 0 Å². The van der Waals surface area contributed by atoms with Crippen LogP contribution in [0.4, 0.5) is 5.69 Å². The van der Waals surface area contributed by atoms with E-state index in [9.17, 15) is 0 Å². The zero-order chi connectivity index (χ0) is 13.5. The Morgan fingerprint density at radius 1 is 1.42 bits per heavy atom. The first-order valence-electron chi connectivity index (χ1n) is 6.72. The van der Waals surface area contributed by atoms with Gasteiger partial charge in [0.15, 0.2) is 5.11 Å². The fraction of sp³-hybridized carbons (Fsp3) is 0.500. The molecule has 4 nitrogen and oxygen atoms in total. The van der Waals surface area contributed by atoms with Crippen molar-refractivity contribution in [2.24, 2.45) is 0 Å². The van der Waals surface area contributed by atoms with Crippen molar-refractivity contribution in [3.05, 3.63) is 30.3 Å². The summed E-state index contributed by atoms with van der Waals surface area (Å²) in [5.74, 6) is 0. The number of ether oxygens (including phenoxy) is 1. The number of anilines is 1. The molecule has 1 aliphatic rings. The molecule has 0 saturated carbocycles. The third kappa shape index (κ3) is 4.78. The van der Waals surface area contributed by atoms with Crippen molar-refractivity contribution in [1.82, 2.24) is 10.2 Å². The van der Waals surface area contributed by atoms with Crippen molar-refractivity contribution < 1.29 is 4.74 Å². The van der Waals surface area contributed by atoms with Crippen LogP contribution in [-0.4, -0.2) is 48.9 Å². The lowest BCUT2D eigenvalue weighted by atomic mass is 10.2. The second-order valence-corrected chi connectivity index (χ2v) is 5.00. The van der Waals surface area contributed by atoms with Gasteiger partial charge >= 0.3 is 0 Å². The van der Waals surface area contributed by atoms with E-state index in [0.717, 1.165) is 38.5 Å². The largest absolute Gasteiger partial charge is 0.374 e. The highest BCUT2D eigenvalue weighted by Crippen LogP contribution is 2.06. The van der Waals surface area contributed by atoms with Crippen molar-refractivity contribution in [3.63, 3.8) is 0 Å².